The highest BCUT2D eigenvalue weighted by Gasteiger charge is 2.30. The highest BCUT2D eigenvalue weighted by atomic mass is 32.1. The van der Waals surface area contributed by atoms with Gasteiger partial charge in [-0.25, -0.2) is 0 Å². The van der Waals surface area contributed by atoms with Gasteiger partial charge in [0.2, 0.25) is 0 Å². The van der Waals surface area contributed by atoms with Crippen molar-refractivity contribution in [2.75, 3.05) is 0 Å². The lowest BCUT2D eigenvalue weighted by molar-refractivity contribution is -0.137. The number of benzene rings is 1. The fourth-order valence-electron chi connectivity index (χ4n) is 0.913. The largest absolute Gasteiger partial charge is 0.416 e. The molecular weight excluding hydrogens is 199 g/mol. The molecule has 0 saturated heterocycles. The number of alkyl halides is 3. The van der Waals surface area contributed by atoms with Crippen molar-refractivity contribution < 1.29 is 13.2 Å². The van der Waals surface area contributed by atoms with Crippen molar-refractivity contribution in [3.63, 3.8) is 0 Å². The van der Waals surface area contributed by atoms with Gasteiger partial charge in [0.15, 0.2) is 0 Å². The van der Waals surface area contributed by atoms with Crippen molar-refractivity contribution in [3.05, 3.63) is 29.3 Å². The fourth-order valence-corrected chi connectivity index (χ4v) is 1.22. The van der Waals surface area contributed by atoms with Gasteiger partial charge in [0.05, 0.1) is 5.56 Å². The Bertz CT molecular complexity index is 309. The quantitative estimate of drug-likeness (QED) is 0.680. The first-order chi connectivity index (χ1) is 5.95. The topological polar surface area (TPSA) is 26.0 Å². The van der Waals surface area contributed by atoms with Crippen LogP contribution in [-0.2, 0) is 12.7 Å². The van der Waals surface area contributed by atoms with Crippen LogP contribution in [0.1, 0.15) is 11.1 Å². The highest BCUT2D eigenvalue weighted by Crippen LogP contribution is 2.31. The van der Waals surface area contributed by atoms with E-state index >= 15 is 0 Å². The van der Waals surface area contributed by atoms with Gasteiger partial charge in [0, 0.05) is 11.4 Å². The number of halogens is 3. The zero-order chi connectivity index (χ0) is 10.1. The summed E-state index contributed by atoms with van der Waals surface area (Å²) in [6.07, 6.45) is -4.31. The van der Waals surface area contributed by atoms with Gasteiger partial charge in [-0.15, -0.1) is 12.6 Å². The molecule has 0 saturated carbocycles. The zero-order valence-corrected chi connectivity index (χ0v) is 7.49. The van der Waals surface area contributed by atoms with Crippen molar-refractivity contribution in [2.45, 2.75) is 17.6 Å². The Morgan fingerprint density at radius 2 is 1.92 bits per heavy atom. The Balaban J connectivity index is 3.10. The Morgan fingerprint density at radius 1 is 1.31 bits per heavy atom. The summed E-state index contributed by atoms with van der Waals surface area (Å²) in [5.41, 5.74) is 5.19. The molecule has 0 heterocycles. The third-order valence-corrected chi connectivity index (χ3v) is 2.05. The van der Waals surface area contributed by atoms with Crippen LogP contribution in [0.15, 0.2) is 23.1 Å². The minimum atomic E-state index is -4.31. The first kappa shape index (κ1) is 10.4. The maximum Gasteiger partial charge on any atom is 0.416 e. The molecule has 0 spiro atoms. The molecule has 72 valence electrons. The molecule has 13 heavy (non-hydrogen) atoms. The lowest BCUT2D eigenvalue weighted by Crippen LogP contribution is -2.06. The molecule has 1 aromatic rings. The van der Waals surface area contributed by atoms with Crippen molar-refractivity contribution in [1.29, 1.82) is 0 Å². The minimum absolute atomic E-state index is 0.191. The van der Waals surface area contributed by atoms with Crippen LogP contribution in [0.3, 0.4) is 0 Å². The normalized spacial score (nSPS) is 11.8. The summed E-state index contributed by atoms with van der Waals surface area (Å²) in [5.74, 6) is 0. The lowest BCUT2D eigenvalue weighted by atomic mass is 10.1. The van der Waals surface area contributed by atoms with Crippen LogP contribution in [-0.4, -0.2) is 0 Å². The summed E-state index contributed by atoms with van der Waals surface area (Å²) in [7, 11) is 0. The van der Waals surface area contributed by atoms with Gasteiger partial charge in [-0.1, -0.05) is 6.07 Å². The Morgan fingerprint density at radius 3 is 2.31 bits per heavy atom. The molecule has 0 fully saturated rings. The molecule has 2 N–H and O–H groups in total. The number of thiol groups is 1. The average Bonchev–Trinajstić information content (AvgIpc) is 2.02. The van der Waals surface area contributed by atoms with Crippen molar-refractivity contribution in [3.8, 4) is 0 Å². The Labute approximate surface area is 79.2 Å². The van der Waals surface area contributed by atoms with E-state index in [2.05, 4.69) is 12.6 Å². The number of hydrogen-bond acceptors (Lipinski definition) is 2. The van der Waals surface area contributed by atoms with E-state index in [1.807, 2.05) is 0 Å². The van der Waals surface area contributed by atoms with Gasteiger partial charge in [0.1, 0.15) is 0 Å². The standard InChI is InChI=1S/C8H8F3NS/c9-8(10,11)6-2-1-5(4-12)7(13)3-6/h1-3,13H,4,12H2. The van der Waals surface area contributed by atoms with Crippen LogP contribution in [0.4, 0.5) is 13.2 Å². The smallest absolute Gasteiger partial charge is 0.326 e. The zero-order valence-electron chi connectivity index (χ0n) is 6.60. The monoisotopic (exact) mass is 207 g/mol. The maximum absolute atomic E-state index is 12.1. The summed E-state index contributed by atoms with van der Waals surface area (Å²) < 4.78 is 36.4. The van der Waals surface area contributed by atoms with Crippen LogP contribution in [0.2, 0.25) is 0 Å². The van der Waals surface area contributed by atoms with E-state index in [9.17, 15) is 13.2 Å². The summed E-state index contributed by atoms with van der Waals surface area (Å²) >= 11 is 3.90. The summed E-state index contributed by atoms with van der Waals surface area (Å²) in [6.45, 7) is 0.191. The number of hydrogen-bond donors (Lipinski definition) is 2. The second-order valence-electron chi connectivity index (χ2n) is 2.55. The summed E-state index contributed by atoms with van der Waals surface area (Å²) in [6, 6.07) is 3.32. The Kier molecular flexibility index (Phi) is 2.87. The molecule has 0 aromatic heterocycles. The van der Waals surface area contributed by atoms with E-state index < -0.39 is 11.7 Å². The van der Waals surface area contributed by atoms with E-state index in [0.717, 1.165) is 12.1 Å². The fraction of sp³-hybridized carbons (Fsp3) is 0.250. The molecule has 0 atom stereocenters. The SMILES string of the molecule is NCc1ccc(C(F)(F)F)cc1S. The van der Waals surface area contributed by atoms with Gasteiger partial charge in [-0.2, -0.15) is 13.2 Å². The average molecular weight is 207 g/mol. The third kappa shape index (κ3) is 2.38. The first-order valence-electron chi connectivity index (χ1n) is 3.54. The van der Waals surface area contributed by atoms with Crippen molar-refractivity contribution in [2.24, 2.45) is 5.73 Å². The minimum Gasteiger partial charge on any atom is -0.326 e. The summed E-state index contributed by atoms with van der Waals surface area (Å²) in [5, 5.41) is 0. The van der Waals surface area contributed by atoms with E-state index in [1.54, 1.807) is 0 Å². The van der Waals surface area contributed by atoms with Gasteiger partial charge in [0.25, 0.3) is 0 Å². The molecule has 0 radical (unpaired) electrons. The summed E-state index contributed by atoms with van der Waals surface area (Å²) in [4.78, 5) is 0.275. The Hall–Kier alpha value is -0.680. The van der Waals surface area contributed by atoms with Crippen LogP contribution in [0.5, 0.6) is 0 Å². The van der Waals surface area contributed by atoms with Crippen molar-refractivity contribution >= 4 is 12.6 Å². The van der Waals surface area contributed by atoms with Crippen LogP contribution < -0.4 is 5.73 Å². The van der Waals surface area contributed by atoms with Gasteiger partial charge >= 0.3 is 6.18 Å². The molecule has 1 rings (SSSR count). The third-order valence-electron chi connectivity index (χ3n) is 1.63. The molecule has 0 bridgehead atoms. The van der Waals surface area contributed by atoms with Crippen molar-refractivity contribution in [1.82, 2.24) is 0 Å². The molecule has 0 aliphatic rings. The maximum atomic E-state index is 12.1. The molecule has 0 aliphatic carbocycles. The highest BCUT2D eigenvalue weighted by molar-refractivity contribution is 7.80. The van der Waals surface area contributed by atoms with Crippen LogP contribution in [0, 0.1) is 0 Å². The number of rotatable bonds is 1. The van der Waals surface area contributed by atoms with Crippen LogP contribution >= 0.6 is 12.6 Å². The first-order valence-corrected chi connectivity index (χ1v) is 3.99. The van der Waals surface area contributed by atoms with E-state index in [-0.39, 0.29) is 11.4 Å². The second kappa shape index (κ2) is 3.59. The van der Waals surface area contributed by atoms with E-state index in [4.69, 9.17) is 5.73 Å². The molecule has 5 heteroatoms. The lowest BCUT2D eigenvalue weighted by Gasteiger charge is -2.08. The number of nitrogens with two attached hydrogens (primary N) is 1. The molecule has 0 unspecified atom stereocenters. The van der Waals surface area contributed by atoms with E-state index in [0.29, 0.717) is 5.56 Å². The molecule has 0 amide bonds. The predicted molar refractivity (Wildman–Crippen MR) is 46.6 cm³/mol. The van der Waals surface area contributed by atoms with E-state index in [1.165, 1.54) is 6.07 Å². The molecular formula is C8H8F3NS. The molecule has 0 aliphatic heterocycles. The van der Waals surface area contributed by atoms with Crippen LogP contribution in [0.25, 0.3) is 0 Å². The van der Waals surface area contributed by atoms with Gasteiger partial charge in [-0.3, -0.25) is 0 Å². The molecule has 1 aromatic carbocycles. The second-order valence-corrected chi connectivity index (χ2v) is 3.03. The van der Waals surface area contributed by atoms with Gasteiger partial charge < -0.3 is 5.73 Å². The molecule has 1 nitrogen and oxygen atoms in total. The van der Waals surface area contributed by atoms with Gasteiger partial charge in [-0.05, 0) is 17.7 Å². The predicted octanol–water partition coefficient (Wildman–Crippen LogP) is 2.45.